The summed E-state index contributed by atoms with van der Waals surface area (Å²) in [5, 5.41) is 0. The fourth-order valence-electron chi connectivity index (χ4n) is 0.747. The van der Waals surface area contributed by atoms with Gasteiger partial charge in [-0.3, -0.25) is 0 Å². The minimum absolute atomic E-state index is 0.286. The number of aryl methyl sites for hydroxylation is 1. The van der Waals surface area contributed by atoms with Gasteiger partial charge in [-0.15, -0.1) is 4.98 Å². The van der Waals surface area contributed by atoms with E-state index in [4.69, 9.17) is 20.4 Å². The van der Waals surface area contributed by atoms with Crippen LogP contribution in [0.4, 0.5) is 5.82 Å². The van der Waals surface area contributed by atoms with Crippen LogP contribution < -0.4 is 0 Å². The van der Waals surface area contributed by atoms with Gasteiger partial charge in [-0.2, -0.15) is 0 Å². The monoisotopic (exact) mass is 142 g/mol. The number of hydrogen-bond donors (Lipinski definition) is 0. The van der Waals surface area contributed by atoms with Gasteiger partial charge in [0.2, 0.25) is 0 Å². The van der Waals surface area contributed by atoms with Crippen LogP contribution in [0.1, 0.15) is 16.8 Å². The van der Waals surface area contributed by atoms with Crippen LogP contribution in [0.3, 0.4) is 0 Å². The molecule has 0 saturated heterocycles. The zero-order valence-electron chi connectivity index (χ0n) is 6.13. The normalized spacial score (nSPS) is 9.27. The maximum atomic E-state index is 6.67. The summed E-state index contributed by atoms with van der Waals surface area (Å²) in [6, 6.07) is 1.47. The van der Waals surface area contributed by atoms with Crippen molar-refractivity contribution >= 4 is 5.82 Å². The first-order chi connectivity index (χ1) is 5.15. The Morgan fingerprint density at radius 2 is 2.18 bits per heavy atom. The van der Waals surface area contributed by atoms with Crippen LogP contribution >= 0.6 is 0 Å². The summed E-state index contributed by atoms with van der Waals surface area (Å²) in [4.78, 5) is 7.03. The first kappa shape index (κ1) is 7.74. The Hall–Kier alpha value is -1.36. The van der Waals surface area contributed by atoms with Crippen LogP contribution in [-0.2, 0) is 0 Å². The van der Waals surface area contributed by atoms with Gasteiger partial charge in [-0.05, 0) is 18.6 Å². The molecule has 52 valence electrons. The molecule has 0 amide bonds. The van der Waals surface area contributed by atoms with Gasteiger partial charge in [-0.25, -0.2) is 0 Å². The summed E-state index contributed by atoms with van der Waals surface area (Å²) in [5.74, 6) is 0.286. The zero-order valence-corrected chi connectivity index (χ0v) is 6.13. The highest BCUT2D eigenvalue weighted by molar-refractivity contribution is 5.46. The van der Waals surface area contributed by atoms with Crippen LogP contribution in [0.5, 0.6) is 0 Å². The maximum absolute atomic E-state index is 6.67. The van der Waals surface area contributed by atoms with Crippen molar-refractivity contribution in [1.29, 1.82) is 0 Å². The molecule has 0 aliphatic rings. The lowest BCUT2D eigenvalue weighted by atomic mass is 10.1. The molecule has 0 atom stereocenters. The number of nitrogens with zero attached hydrogens (tertiary/aromatic N) is 2. The van der Waals surface area contributed by atoms with Gasteiger partial charge in [0.15, 0.2) is 0 Å². The molecule has 1 heterocycles. The molecule has 1 aromatic rings. The highest BCUT2D eigenvalue weighted by Gasteiger charge is 2.03. The summed E-state index contributed by atoms with van der Waals surface area (Å²) in [6.07, 6.45) is 0. The van der Waals surface area contributed by atoms with E-state index in [1.807, 2.05) is 0 Å². The number of rotatable bonds is 0. The second kappa shape index (κ2) is 2.71. The lowest BCUT2D eigenvalue weighted by Gasteiger charge is -1.99. The number of pyridine rings is 1. The molecule has 2 heteroatoms. The third kappa shape index (κ3) is 1.38. The van der Waals surface area contributed by atoms with Crippen molar-refractivity contribution in [3.8, 4) is 0 Å². The van der Waals surface area contributed by atoms with E-state index in [-0.39, 0.29) is 5.82 Å². The molecule has 0 N–H and O–H groups in total. The second-order valence-corrected chi connectivity index (χ2v) is 2.18. The summed E-state index contributed by atoms with van der Waals surface area (Å²) in [7, 11) is 0. The number of aromatic nitrogens is 1. The summed E-state index contributed by atoms with van der Waals surface area (Å²) < 4.78 is 0. The van der Waals surface area contributed by atoms with Crippen LogP contribution in [0, 0.1) is 27.3 Å². The average Bonchev–Trinajstić information content (AvgIpc) is 1.99. The van der Waals surface area contributed by atoms with E-state index < -0.39 is 0 Å². The summed E-state index contributed by atoms with van der Waals surface area (Å²) in [6.45, 7) is 19.4. The van der Waals surface area contributed by atoms with Crippen molar-refractivity contribution in [3.05, 3.63) is 48.2 Å². The second-order valence-electron chi connectivity index (χ2n) is 2.18. The lowest BCUT2D eigenvalue weighted by Crippen LogP contribution is -1.89. The fourth-order valence-corrected chi connectivity index (χ4v) is 0.747. The smallest absolute Gasteiger partial charge is 0.270 e. The van der Waals surface area contributed by atoms with E-state index in [0.717, 1.165) is 0 Å². The van der Waals surface area contributed by atoms with Gasteiger partial charge in [0.1, 0.15) is 5.69 Å². The molecule has 0 saturated carbocycles. The predicted molar refractivity (Wildman–Crippen MR) is 42.0 cm³/mol. The molecular weight excluding hydrogens is 136 g/mol. The molecule has 2 nitrogen and oxygen atoms in total. The minimum atomic E-state index is 0.286. The van der Waals surface area contributed by atoms with E-state index in [2.05, 4.69) is 9.83 Å². The van der Waals surface area contributed by atoms with Crippen LogP contribution in [-0.4, -0.2) is 4.98 Å². The highest BCUT2D eigenvalue weighted by atomic mass is 14.9. The molecule has 4 radical (unpaired) electrons. The molecular formula is C9H6N2. The molecule has 0 spiro atoms. The molecule has 0 fully saturated rings. The minimum Gasteiger partial charge on any atom is -0.361 e. The van der Waals surface area contributed by atoms with Gasteiger partial charge in [0.05, 0.1) is 0 Å². The molecule has 0 aromatic carbocycles. The van der Waals surface area contributed by atoms with Crippen molar-refractivity contribution in [3.63, 3.8) is 0 Å². The summed E-state index contributed by atoms with van der Waals surface area (Å²) >= 11 is 0. The standard InChI is InChI=1S/C9H6N2/c1-6-5-9(10-4)11-8(3)7(6)2/h1-2,5H,3H3. The van der Waals surface area contributed by atoms with Crippen LogP contribution in [0.2, 0.25) is 0 Å². The SMILES string of the molecule is [C-]#[N+]c1cc([CH])c([CH])c(C)n1. The first-order valence-corrected chi connectivity index (χ1v) is 3.05. The van der Waals surface area contributed by atoms with Crippen LogP contribution in [0.25, 0.3) is 4.85 Å². The molecule has 0 bridgehead atoms. The largest absolute Gasteiger partial charge is 0.361 e. The molecule has 1 aromatic heterocycles. The molecule has 0 unspecified atom stereocenters. The number of hydrogen-bond acceptors (Lipinski definition) is 1. The van der Waals surface area contributed by atoms with Crippen molar-refractivity contribution < 1.29 is 0 Å². The van der Waals surface area contributed by atoms with Crippen LogP contribution in [0.15, 0.2) is 6.07 Å². The predicted octanol–water partition coefficient (Wildman–Crippen LogP) is 2.06. The Morgan fingerprint density at radius 1 is 1.55 bits per heavy atom. The van der Waals surface area contributed by atoms with Crippen molar-refractivity contribution in [2.75, 3.05) is 0 Å². The zero-order chi connectivity index (χ0) is 8.43. The van der Waals surface area contributed by atoms with Gasteiger partial charge >= 0.3 is 0 Å². The Labute approximate surface area is 66.7 Å². The Kier molecular flexibility index (Phi) is 1.91. The average molecular weight is 142 g/mol. The highest BCUT2D eigenvalue weighted by Crippen LogP contribution is 2.16. The van der Waals surface area contributed by atoms with E-state index in [1.165, 1.54) is 6.07 Å². The van der Waals surface area contributed by atoms with Crippen molar-refractivity contribution in [2.45, 2.75) is 6.92 Å². The Bertz CT molecular complexity index is 298. The van der Waals surface area contributed by atoms with Gasteiger partial charge in [-0.1, -0.05) is 6.57 Å². The Balaban J connectivity index is 3.35. The van der Waals surface area contributed by atoms with Crippen molar-refractivity contribution in [2.24, 2.45) is 0 Å². The summed E-state index contributed by atoms with van der Waals surface area (Å²) in [5.41, 5.74) is 1.48. The maximum Gasteiger partial charge on any atom is 0.270 e. The fraction of sp³-hybridized carbons (Fsp3) is 0.111. The lowest BCUT2D eigenvalue weighted by molar-refractivity contribution is 1.18. The quantitative estimate of drug-likeness (QED) is 0.507. The third-order valence-electron chi connectivity index (χ3n) is 1.38. The van der Waals surface area contributed by atoms with E-state index in [1.54, 1.807) is 6.92 Å². The first-order valence-electron chi connectivity index (χ1n) is 3.05. The van der Waals surface area contributed by atoms with Gasteiger partial charge < -0.3 is 4.85 Å². The van der Waals surface area contributed by atoms with Gasteiger partial charge in [0.25, 0.3) is 5.82 Å². The van der Waals surface area contributed by atoms with E-state index in [9.17, 15) is 0 Å². The van der Waals surface area contributed by atoms with E-state index >= 15 is 0 Å². The third-order valence-corrected chi connectivity index (χ3v) is 1.38. The topological polar surface area (TPSA) is 17.2 Å². The molecule has 0 aliphatic heterocycles. The molecule has 1 rings (SSSR count). The van der Waals surface area contributed by atoms with Crippen molar-refractivity contribution in [1.82, 2.24) is 4.98 Å². The molecule has 11 heavy (non-hydrogen) atoms. The molecule has 0 aliphatic carbocycles. The van der Waals surface area contributed by atoms with E-state index in [0.29, 0.717) is 16.8 Å². The van der Waals surface area contributed by atoms with Gasteiger partial charge in [0, 0.05) is 19.4 Å². The Morgan fingerprint density at radius 3 is 2.64 bits per heavy atom.